The Morgan fingerprint density at radius 1 is 1.54 bits per heavy atom. The molecular formula is C10H19N3. The molecule has 0 atom stereocenters. The van der Waals surface area contributed by atoms with E-state index < -0.39 is 0 Å². The van der Waals surface area contributed by atoms with E-state index in [1.807, 2.05) is 11.7 Å². The van der Waals surface area contributed by atoms with Crippen molar-refractivity contribution < 1.29 is 0 Å². The van der Waals surface area contributed by atoms with Gasteiger partial charge in [0, 0.05) is 19.2 Å². The molecule has 0 saturated carbocycles. The second-order valence-corrected chi connectivity index (χ2v) is 3.89. The van der Waals surface area contributed by atoms with Gasteiger partial charge in [-0.2, -0.15) is 5.10 Å². The Hall–Kier alpha value is -0.830. The van der Waals surface area contributed by atoms with Crippen molar-refractivity contribution in [3.63, 3.8) is 0 Å². The molecule has 3 heteroatoms. The number of rotatable bonds is 4. The van der Waals surface area contributed by atoms with Crippen LogP contribution in [0.4, 0.5) is 0 Å². The van der Waals surface area contributed by atoms with Crippen LogP contribution in [0.2, 0.25) is 0 Å². The third-order valence-corrected chi connectivity index (χ3v) is 2.05. The minimum Gasteiger partial charge on any atom is -0.330 e. The molecule has 0 saturated heterocycles. The highest BCUT2D eigenvalue weighted by Crippen LogP contribution is 2.09. The van der Waals surface area contributed by atoms with E-state index in [0.717, 1.165) is 18.5 Å². The SMILES string of the molecule is CC(C)Cc1cc(CCN)nn1C. The topological polar surface area (TPSA) is 43.8 Å². The Labute approximate surface area is 79.9 Å². The molecule has 13 heavy (non-hydrogen) atoms. The van der Waals surface area contributed by atoms with Crippen molar-refractivity contribution >= 4 is 0 Å². The number of nitrogens with zero attached hydrogens (tertiary/aromatic N) is 2. The Morgan fingerprint density at radius 3 is 2.77 bits per heavy atom. The number of aromatic nitrogens is 2. The molecule has 0 bridgehead atoms. The fraction of sp³-hybridized carbons (Fsp3) is 0.700. The molecular weight excluding hydrogens is 162 g/mol. The molecule has 0 aromatic carbocycles. The lowest BCUT2D eigenvalue weighted by atomic mass is 10.1. The summed E-state index contributed by atoms with van der Waals surface area (Å²) in [5.74, 6) is 0.682. The fourth-order valence-corrected chi connectivity index (χ4v) is 1.45. The quantitative estimate of drug-likeness (QED) is 0.756. The number of hydrogen-bond donors (Lipinski definition) is 1. The van der Waals surface area contributed by atoms with Crippen molar-refractivity contribution in [2.45, 2.75) is 26.7 Å². The molecule has 0 fully saturated rings. The van der Waals surface area contributed by atoms with E-state index >= 15 is 0 Å². The first-order valence-electron chi connectivity index (χ1n) is 4.85. The van der Waals surface area contributed by atoms with Crippen LogP contribution in [0.5, 0.6) is 0 Å². The van der Waals surface area contributed by atoms with E-state index in [4.69, 9.17) is 5.73 Å². The molecule has 3 nitrogen and oxygen atoms in total. The van der Waals surface area contributed by atoms with Crippen LogP contribution >= 0.6 is 0 Å². The zero-order chi connectivity index (χ0) is 9.84. The fourth-order valence-electron chi connectivity index (χ4n) is 1.45. The summed E-state index contributed by atoms with van der Waals surface area (Å²) in [5, 5.41) is 4.39. The minimum atomic E-state index is 0.679. The predicted molar refractivity (Wildman–Crippen MR) is 54.5 cm³/mol. The summed E-state index contributed by atoms with van der Waals surface area (Å²) >= 11 is 0. The van der Waals surface area contributed by atoms with Crippen LogP contribution in [-0.4, -0.2) is 16.3 Å². The van der Waals surface area contributed by atoms with E-state index in [1.165, 1.54) is 5.69 Å². The Balaban J connectivity index is 2.71. The maximum Gasteiger partial charge on any atom is 0.0639 e. The molecule has 0 aliphatic carbocycles. The summed E-state index contributed by atoms with van der Waals surface area (Å²) in [4.78, 5) is 0. The smallest absolute Gasteiger partial charge is 0.0639 e. The van der Waals surface area contributed by atoms with Gasteiger partial charge in [0.05, 0.1) is 5.69 Å². The van der Waals surface area contributed by atoms with Crippen molar-refractivity contribution in [1.29, 1.82) is 0 Å². The maximum absolute atomic E-state index is 5.47. The van der Waals surface area contributed by atoms with Crippen LogP contribution < -0.4 is 5.73 Å². The van der Waals surface area contributed by atoms with Crippen LogP contribution in [-0.2, 0) is 19.9 Å². The van der Waals surface area contributed by atoms with Crippen molar-refractivity contribution in [2.75, 3.05) is 6.54 Å². The van der Waals surface area contributed by atoms with Crippen molar-refractivity contribution in [1.82, 2.24) is 9.78 Å². The largest absolute Gasteiger partial charge is 0.330 e. The third kappa shape index (κ3) is 2.84. The van der Waals surface area contributed by atoms with Crippen LogP contribution in [0.25, 0.3) is 0 Å². The average Bonchev–Trinajstić information content (AvgIpc) is 2.31. The van der Waals surface area contributed by atoms with Gasteiger partial charge in [-0.25, -0.2) is 0 Å². The van der Waals surface area contributed by atoms with Crippen LogP contribution in [0.1, 0.15) is 25.2 Å². The van der Waals surface area contributed by atoms with Gasteiger partial charge in [-0.05, 0) is 24.9 Å². The lowest BCUT2D eigenvalue weighted by Crippen LogP contribution is -2.04. The summed E-state index contributed by atoms with van der Waals surface area (Å²) in [6, 6.07) is 2.16. The Morgan fingerprint density at radius 2 is 2.23 bits per heavy atom. The highest BCUT2D eigenvalue weighted by molar-refractivity contribution is 5.11. The van der Waals surface area contributed by atoms with Gasteiger partial charge in [0.1, 0.15) is 0 Å². The molecule has 1 aromatic rings. The Bertz CT molecular complexity index is 263. The highest BCUT2D eigenvalue weighted by Gasteiger charge is 2.05. The third-order valence-electron chi connectivity index (χ3n) is 2.05. The van der Waals surface area contributed by atoms with Crippen molar-refractivity contribution in [2.24, 2.45) is 18.7 Å². The van der Waals surface area contributed by atoms with Gasteiger partial charge < -0.3 is 5.73 Å². The standard InChI is InChI=1S/C10H19N3/c1-8(2)6-10-7-9(4-5-11)12-13(10)3/h7-8H,4-6,11H2,1-3H3. The summed E-state index contributed by atoms with van der Waals surface area (Å²) in [6.07, 6.45) is 1.97. The van der Waals surface area contributed by atoms with Gasteiger partial charge in [0.2, 0.25) is 0 Å². The molecule has 74 valence electrons. The van der Waals surface area contributed by atoms with Crippen LogP contribution in [0.15, 0.2) is 6.07 Å². The Kier molecular flexibility index (Phi) is 3.48. The molecule has 1 rings (SSSR count). The summed E-state index contributed by atoms with van der Waals surface area (Å²) in [5.41, 5.74) is 7.89. The first-order chi connectivity index (χ1) is 6.13. The number of aryl methyl sites for hydroxylation is 1. The molecule has 1 aromatic heterocycles. The first kappa shape index (κ1) is 10.3. The summed E-state index contributed by atoms with van der Waals surface area (Å²) in [6.45, 7) is 5.11. The van der Waals surface area contributed by atoms with E-state index in [-0.39, 0.29) is 0 Å². The van der Waals surface area contributed by atoms with Crippen molar-refractivity contribution in [3.05, 3.63) is 17.5 Å². The van der Waals surface area contributed by atoms with Gasteiger partial charge >= 0.3 is 0 Å². The summed E-state index contributed by atoms with van der Waals surface area (Å²) < 4.78 is 1.96. The second kappa shape index (κ2) is 4.42. The second-order valence-electron chi connectivity index (χ2n) is 3.89. The van der Waals surface area contributed by atoms with E-state index in [2.05, 4.69) is 25.0 Å². The lowest BCUT2D eigenvalue weighted by Gasteiger charge is -2.03. The molecule has 0 aliphatic rings. The van der Waals surface area contributed by atoms with E-state index in [0.29, 0.717) is 12.5 Å². The van der Waals surface area contributed by atoms with E-state index in [1.54, 1.807) is 0 Å². The predicted octanol–water partition coefficient (Wildman–Crippen LogP) is 1.12. The molecule has 0 radical (unpaired) electrons. The minimum absolute atomic E-state index is 0.679. The lowest BCUT2D eigenvalue weighted by molar-refractivity contribution is 0.594. The van der Waals surface area contributed by atoms with Crippen molar-refractivity contribution in [3.8, 4) is 0 Å². The van der Waals surface area contributed by atoms with Gasteiger partial charge in [-0.1, -0.05) is 13.8 Å². The molecule has 2 N–H and O–H groups in total. The average molecular weight is 181 g/mol. The number of nitrogens with two attached hydrogens (primary N) is 1. The van der Waals surface area contributed by atoms with Gasteiger partial charge in [0.15, 0.2) is 0 Å². The molecule has 0 amide bonds. The molecule has 0 aliphatic heterocycles. The van der Waals surface area contributed by atoms with Crippen LogP contribution in [0.3, 0.4) is 0 Å². The molecule has 1 heterocycles. The first-order valence-corrected chi connectivity index (χ1v) is 4.85. The van der Waals surface area contributed by atoms with Gasteiger partial charge in [-0.15, -0.1) is 0 Å². The van der Waals surface area contributed by atoms with Crippen LogP contribution in [0, 0.1) is 5.92 Å². The summed E-state index contributed by atoms with van der Waals surface area (Å²) in [7, 11) is 2.00. The van der Waals surface area contributed by atoms with E-state index in [9.17, 15) is 0 Å². The van der Waals surface area contributed by atoms with Gasteiger partial charge in [-0.3, -0.25) is 4.68 Å². The van der Waals surface area contributed by atoms with Gasteiger partial charge in [0.25, 0.3) is 0 Å². The normalized spacial score (nSPS) is 11.2. The molecule has 0 spiro atoms. The maximum atomic E-state index is 5.47. The zero-order valence-corrected chi connectivity index (χ0v) is 8.75. The highest BCUT2D eigenvalue weighted by atomic mass is 15.3. The molecule has 0 unspecified atom stereocenters. The monoisotopic (exact) mass is 181 g/mol. The zero-order valence-electron chi connectivity index (χ0n) is 8.75. The number of hydrogen-bond acceptors (Lipinski definition) is 2.